The number of hydrogen-bond acceptors (Lipinski definition) is 4. The highest BCUT2D eigenvalue weighted by Gasteiger charge is 2.18. The molecule has 17 heavy (non-hydrogen) atoms. The van der Waals surface area contributed by atoms with Gasteiger partial charge in [0, 0.05) is 17.4 Å². The molecule has 0 atom stereocenters. The van der Waals surface area contributed by atoms with Crippen molar-refractivity contribution in [1.82, 2.24) is 4.98 Å². The zero-order valence-electron chi connectivity index (χ0n) is 9.79. The number of para-hydroxylation sites is 1. The van der Waals surface area contributed by atoms with Crippen molar-refractivity contribution in [1.29, 1.82) is 0 Å². The second-order valence-electron chi connectivity index (χ2n) is 4.33. The van der Waals surface area contributed by atoms with E-state index in [1.165, 1.54) is 5.56 Å². The molecule has 0 spiro atoms. The number of ether oxygens (including phenoxy) is 1. The zero-order valence-corrected chi connectivity index (χ0v) is 9.79. The number of hydrazine groups is 1. The molecule has 0 aliphatic carbocycles. The maximum Gasteiger partial charge on any atom is 0.0755 e. The number of aromatic nitrogens is 1. The number of hydrogen-bond donors (Lipinski definition) is 2. The number of aryl methyl sites for hydroxylation is 1. The minimum atomic E-state index is 0.589. The van der Waals surface area contributed by atoms with Gasteiger partial charge in [0.2, 0.25) is 0 Å². The molecule has 0 bridgehead atoms. The topological polar surface area (TPSA) is 60.2 Å². The molecular weight excluding hydrogens is 214 g/mol. The van der Waals surface area contributed by atoms with Gasteiger partial charge in [0.05, 0.1) is 30.1 Å². The van der Waals surface area contributed by atoms with Crippen molar-refractivity contribution in [2.45, 2.75) is 20.0 Å². The molecule has 4 nitrogen and oxygen atoms in total. The Bertz CT molecular complexity index is 580. The molecule has 0 fully saturated rings. The van der Waals surface area contributed by atoms with Crippen molar-refractivity contribution >= 4 is 16.6 Å². The summed E-state index contributed by atoms with van der Waals surface area (Å²) in [5.74, 6) is 5.66. The van der Waals surface area contributed by atoms with Crippen LogP contribution < -0.4 is 11.3 Å². The largest absolute Gasteiger partial charge is 0.376 e. The highest BCUT2D eigenvalue weighted by molar-refractivity contribution is 5.95. The van der Waals surface area contributed by atoms with Crippen LogP contribution in [-0.4, -0.2) is 11.6 Å². The molecule has 1 aliphatic heterocycles. The summed E-state index contributed by atoms with van der Waals surface area (Å²) < 4.78 is 5.48. The van der Waals surface area contributed by atoms with E-state index in [9.17, 15) is 0 Å². The number of benzene rings is 1. The summed E-state index contributed by atoms with van der Waals surface area (Å²) in [6.07, 6.45) is 0.855. The predicted molar refractivity (Wildman–Crippen MR) is 67.7 cm³/mol. The third kappa shape index (κ3) is 1.57. The Hall–Kier alpha value is -1.65. The van der Waals surface area contributed by atoms with Gasteiger partial charge in [-0.3, -0.25) is 10.8 Å². The number of fused-ring (bicyclic) bond motifs is 2. The highest BCUT2D eigenvalue weighted by Crippen LogP contribution is 2.31. The number of anilines is 1. The second kappa shape index (κ2) is 3.98. The van der Waals surface area contributed by atoms with E-state index in [0.29, 0.717) is 6.61 Å². The van der Waals surface area contributed by atoms with Crippen LogP contribution in [0.25, 0.3) is 10.9 Å². The zero-order chi connectivity index (χ0) is 11.8. The molecule has 0 radical (unpaired) electrons. The summed E-state index contributed by atoms with van der Waals surface area (Å²) >= 11 is 0. The van der Waals surface area contributed by atoms with Gasteiger partial charge < -0.3 is 10.2 Å². The number of nitrogens with one attached hydrogen (secondary N) is 1. The summed E-state index contributed by atoms with van der Waals surface area (Å²) in [7, 11) is 0. The molecule has 0 saturated carbocycles. The van der Waals surface area contributed by atoms with E-state index >= 15 is 0 Å². The number of rotatable bonds is 1. The fraction of sp³-hybridized carbons (Fsp3) is 0.308. The molecular formula is C13H15N3O. The minimum absolute atomic E-state index is 0.589. The smallest absolute Gasteiger partial charge is 0.0755 e. The number of pyridine rings is 1. The minimum Gasteiger partial charge on any atom is -0.376 e. The van der Waals surface area contributed by atoms with Crippen molar-refractivity contribution < 1.29 is 4.74 Å². The van der Waals surface area contributed by atoms with Crippen LogP contribution in [0.5, 0.6) is 0 Å². The lowest BCUT2D eigenvalue weighted by Crippen LogP contribution is -2.18. The van der Waals surface area contributed by atoms with E-state index in [4.69, 9.17) is 15.6 Å². The third-order valence-corrected chi connectivity index (χ3v) is 3.28. The van der Waals surface area contributed by atoms with Gasteiger partial charge in [-0.05, 0) is 12.5 Å². The average Bonchev–Trinajstić information content (AvgIpc) is 2.37. The molecule has 0 saturated heterocycles. The fourth-order valence-corrected chi connectivity index (χ4v) is 2.39. The van der Waals surface area contributed by atoms with Gasteiger partial charge in [-0.1, -0.05) is 18.2 Å². The maximum atomic E-state index is 5.66. The molecule has 1 aromatic heterocycles. The normalized spacial score (nSPS) is 14.7. The SMILES string of the molecule is Cc1cccc2c(NN)c3c(nc12)CCOC3. The van der Waals surface area contributed by atoms with Crippen molar-refractivity contribution in [3.05, 3.63) is 35.0 Å². The van der Waals surface area contributed by atoms with Crippen molar-refractivity contribution in [2.24, 2.45) is 5.84 Å². The first kappa shape index (κ1) is 10.5. The summed E-state index contributed by atoms with van der Waals surface area (Å²) in [6, 6.07) is 6.14. The second-order valence-corrected chi connectivity index (χ2v) is 4.33. The summed E-state index contributed by atoms with van der Waals surface area (Å²) in [6.45, 7) is 3.40. The molecule has 88 valence electrons. The van der Waals surface area contributed by atoms with E-state index in [0.717, 1.165) is 40.9 Å². The predicted octanol–water partition coefficient (Wildman–Crippen LogP) is 1.90. The molecule has 0 amide bonds. The Morgan fingerprint density at radius 1 is 1.41 bits per heavy atom. The van der Waals surface area contributed by atoms with Gasteiger partial charge in [-0.2, -0.15) is 0 Å². The first-order valence-corrected chi connectivity index (χ1v) is 5.76. The van der Waals surface area contributed by atoms with E-state index in [-0.39, 0.29) is 0 Å². The van der Waals surface area contributed by atoms with Crippen LogP contribution in [0.15, 0.2) is 18.2 Å². The Morgan fingerprint density at radius 2 is 2.29 bits per heavy atom. The molecule has 1 aromatic carbocycles. The first-order valence-electron chi connectivity index (χ1n) is 5.76. The van der Waals surface area contributed by atoms with Crippen LogP contribution >= 0.6 is 0 Å². The molecule has 4 heteroatoms. The Kier molecular flexibility index (Phi) is 2.46. The van der Waals surface area contributed by atoms with Gasteiger partial charge >= 0.3 is 0 Å². The van der Waals surface area contributed by atoms with E-state index < -0.39 is 0 Å². The fourth-order valence-electron chi connectivity index (χ4n) is 2.39. The van der Waals surface area contributed by atoms with Crippen LogP contribution in [0, 0.1) is 6.92 Å². The van der Waals surface area contributed by atoms with Gasteiger partial charge in [0.15, 0.2) is 0 Å². The van der Waals surface area contributed by atoms with Crippen molar-refractivity contribution in [3.8, 4) is 0 Å². The quantitative estimate of drug-likeness (QED) is 0.579. The van der Waals surface area contributed by atoms with Gasteiger partial charge in [0.1, 0.15) is 0 Å². The lowest BCUT2D eigenvalue weighted by molar-refractivity contribution is 0.110. The molecule has 2 heterocycles. The van der Waals surface area contributed by atoms with E-state index in [2.05, 4.69) is 18.4 Å². The molecule has 3 N–H and O–H groups in total. The molecule has 2 aromatic rings. The van der Waals surface area contributed by atoms with Crippen molar-refractivity contribution in [2.75, 3.05) is 12.0 Å². The van der Waals surface area contributed by atoms with Crippen LogP contribution in [0.3, 0.4) is 0 Å². The van der Waals surface area contributed by atoms with Crippen LogP contribution in [0.2, 0.25) is 0 Å². The summed E-state index contributed by atoms with van der Waals surface area (Å²) in [5, 5.41) is 1.07. The van der Waals surface area contributed by atoms with E-state index in [1.54, 1.807) is 0 Å². The Labute approximate surface area is 99.8 Å². The number of nitrogen functional groups attached to an aromatic ring is 1. The lowest BCUT2D eigenvalue weighted by atomic mass is 10.0. The summed E-state index contributed by atoms with van der Waals surface area (Å²) in [4.78, 5) is 4.75. The molecule has 0 unspecified atom stereocenters. The first-order chi connectivity index (χ1) is 8.31. The van der Waals surface area contributed by atoms with Crippen molar-refractivity contribution in [3.63, 3.8) is 0 Å². The standard InChI is InChI=1S/C13H15N3O/c1-8-3-2-4-9-12(8)15-11-5-6-17-7-10(11)13(9)16-14/h2-4H,5-7,14H2,1H3,(H,15,16). The van der Waals surface area contributed by atoms with Gasteiger partial charge in [-0.15, -0.1) is 0 Å². The van der Waals surface area contributed by atoms with Crippen LogP contribution in [0.4, 0.5) is 5.69 Å². The number of nitrogens with zero attached hydrogens (tertiary/aromatic N) is 1. The summed E-state index contributed by atoms with van der Waals surface area (Å²) in [5.41, 5.74) is 8.16. The average molecular weight is 229 g/mol. The molecule has 3 rings (SSSR count). The Morgan fingerprint density at radius 3 is 3.12 bits per heavy atom. The van der Waals surface area contributed by atoms with Crippen LogP contribution in [-0.2, 0) is 17.8 Å². The van der Waals surface area contributed by atoms with Crippen LogP contribution in [0.1, 0.15) is 16.8 Å². The van der Waals surface area contributed by atoms with E-state index in [1.807, 2.05) is 12.1 Å². The third-order valence-electron chi connectivity index (χ3n) is 3.28. The Balaban J connectivity index is 2.39. The highest BCUT2D eigenvalue weighted by atomic mass is 16.5. The number of nitrogens with two attached hydrogens (primary N) is 1. The van der Waals surface area contributed by atoms with Gasteiger partial charge in [0.25, 0.3) is 0 Å². The monoisotopic (exact) mass is 229 g/mol. The maximum absolute atomic E-state index is 5.66. The van der Waals surface area contributed by atoms with Gasteiger partial charge in [-0.25, -0.2) is 0 Å². The molecule has 1 aliphatic rings. The lowest BCUT2D eigenvalue weighted by Gasteiger charge is -2.21.